The second kappa shape index (κ2) is 4.23. The van der Waals surface area contributed by atoms with Crippen LogP contribution in [0.15, 0.2) is 18.2 Å². The number of benzene rings is 1. The van der Waals surface area contributed by atoms with Crippen molar-refractivity contribution in [1.29, 1.82) is 0 Å². The predicted molar refractivity (Wildman–Crippen MR) is 50.4 cm³/mol. The molecule has 1 aromatic carbocycles. The Hall–Kier alpha value is -1.09. The van der Waals surface area contributed by atoms with Crippen molar-refractivity contribution in [2.75, 3.05) is 13.6 Å². The van der Waals surface area contributed by atoms with Crippen LogP contribution < -0.4 is 5.32 Å². The maximum Gasteiger partial charge on any atom is 0.126 e. The van der Waals surface area contributed by atoms with E-state index in [0.29, 0.717) is 12.1 Å². The summed E-state index contributed by atoms with van der Waals surface area (Å²) in [4.78, 5) is 0. The van der Waals surface area contributed by atoms with E-state index in [1.165, 1.54) is 18.2 Å². The fourth-order valence-electron chi connectivity index (χ4n) is 1.32. The molecule has 1 aromatic rings. The summed E-state index contributed by atoms with van der Waals surface area (Å²) in [6.45, 7) is 2.61. The topological polar surface area (TPSA) is 32.3 Å². The zero-order valence-corrected chi connectivity index (χ0v) is 7.84. The first kappa shape index (κ1) is 9.99. The van der Waals surface area contributed by atoms with Crippen molar-refractivity contribution in [2.45, 2.75) is 12.8 Å². The standard InChI is InChI=1S/C10H14FNO/c1-7(6-12-2)9-5-8(13)3-4-10(9)11/h3-5,7,12-13H,6H2,1-2H3. The number of halogens is 1. The van der Waals surface area contributed by atoms with Crippen LogP contribution in [0.5, 0.6) is 5.75 Å². The molecular weight excluding hydrogens is 169 g/mol. The Kier molecular flexibility index (Phi) is 3.25. The zero-order chi connectivity index (χ0) is 9.84. The molecule has 0 aliphatic carbocycles. The second-order valence-electron chi connectivity index (χ2n) is 3.16. The first-order valence-corrected chi connectivity index (χ1v) is 4.28. The third kappa shape index (κ3) is 2.42. The summed E-state index contributed by atoms with van der Waals surface area (Å²) in [7, 11) is 1.82. The highest BCUT2D eigenvalue weighted by Crippen LogP contribution is 2.22. The van der Waals surface area contributed by atoms with Crippen molar-refractivity contribution in [3.63, 3.8) is 0 Å². The number of rotatable bonds is 3. The van der Waals surface area contributed by atoms with Gasteiger partial charge in [-0.15, -0.1) is 0 Å². The van der Waals surface area contributed by atoms with Crippen molar-refractivity contribution in [2.24, 2.45) is 0 Å². The van der Waals surface area contributed by atoms with E-state index in [4.69, 9.17) is 5.11 Å². The van der Waals surface area contributed by atoms with Gasteiger partial charge >= 0.3 is 0 Å². The highest BCUT2D eigenvalue weighted by Gasteiger charge is 2.10. The average molecular weight is 183 g/mol. The van der Waals surface area contributed by atoms with Gasteiger partial charge in [0.05, 0.1) is 0 Å². The average Bonchev–Trinajstić information content (AvgIpc) is 2.09. The van der Waals surface area contributed by atoms with Crippen LogP contribution in [-0.4, -0.2) is 18.7 Å². The van der Waals surface area contributed by atoms with Gasteiger partial charge in [0.15, 0.2) is 0 Å². The number of nitrogens with one attached hydrogen (secondary N) is 1. The number of phenols is 1. The molecule has 0 aliphatic heterocycles. The molecule has 0 aromatic heterocycles. The third-order valence-electron chi connectivity index (χ3n) is 2.02. The highest BCUT2D eigenvalue weighted by molar-refractivity contribution is 5.31. The van der Waals surface area contributed by atoms with Gasteiger partial charge < -0.3 is 10.4 Å². The van der Waals surface area contributed by atoms with Gasteiger partial charge in [0.25, 0.3) is 0 Å². The van der Waals surface area contributed by atoms with Crippen LogP contribution in [-0.2, 0) is 0 Å². The highest BCUT2D eigenvalue weighted by atomic mass is 19.1. The normalized spacial score (nSPS) is 12.8. The van der Waals surface area contributed by atoms with Crippen LogP contribution in [0.4, 0.5) is 4.39 Å². The van der Waals surface area contributed by atoms with E-state index in [2.05, 4.69) is 5.32 Å². The maximum absolute atomic E-state index is 13.2. The van der Waals surface area contributed by atoms with Crippen molar-refractivity contribution in [1.82, 2.24) is 5.32 Å². The Morgan fingerprint density at radius 2 is 2.23 bits per heavy atom. The van der Waals surface area contributed by atoms with Crippen molar-refractivity contribution >= 4 is 0 Å². The number of aromatic hydroxyl groups is 1. The minimum Gasteiger partial charge on any atom is -0.508 e. The molecule has 2 nitrogen and oxygen atoms in total. The van der Waals surface area contributed by atoms with E-state index in [9.17, 15) is 4.39 Å². The van der Waals surface area contributed by atoms with Crippen LogP contribution in [0.1, 0.15) is 18.4 Å². The molecule has 3 heteroatoms. The largest absolute Gasteiger partial charge is 0.508 e. The Labute approximate surface area is 77.4 Å². The van der Waals surface area contributed by atoms with Crippen LogP contribution >= 0.6 is 0 Å². The number of likely N-dealkylation sites (N-methyl/N-ethyl adjacent to an activating group) is 1. The van der Waals surface area contributed by atoms with Crippen molar-refractivity contribution in [3.8, 4) is 5.75 Å². The minimum absolute atomic E-state index is 0.0668. The molecule has 1 atom stereocenters. The quantitative estimate of drug-likeness (QED) is 0.749. The summed E-state index contributed by atoms with van der Waals surface area (Å²) in [6, 6.07) is 4.11. The molecular formula is C10H14FNO. The Morgan fingerprint density at radius 3 is 2.85 bits per heavy atom. The molecule has 0 aliphatic rings. The van der Waals surface area contributed by atoms with Gasteiger partial charge in [-0.3, -0.25) is 0 Å². The molecule has 1 unspecified atom stereocenters. The van der Waals surface area contributed by atoms with Gasteiger partial charge in [-0.1, -0.05) is 6.92 Å². The number of phenolic OH excluding ortho intramolecular Hbond substituents is 1. The molecule has 0 spiro atoms. The predicted octanol–water partition coefficient (Wildman–Crippen LogP) is 1.85. The van der Waals surface area contributed by atoms with Gasteiger partial charge in [0.1, 0.15) is 11.6 Å². The van der Waals surface area contributed by atoms with Crippen LogP contribution in [0, 0.1) is 5.82 Å². The van der Waals surface area contributed by atoms with E-state index in [1.54, 1.807) is 0 Å². The Bertz CT molecular complexity index is 288. The molecule has 0 saturated carbocycles. The molecule has 0 amide bonds. The molecule has 0 saturated heterocycles. The lowest BCUT2D eigenvalue weighted by molar-refractivity contribution is 0.469. The third-order valence-corrected chi connectivity index (χ3v) is 2.02. The minimum atomic E-state index is -0.263. The number of hydrogen-bond donors (Lipinski definition) is 2. The molecule has 0 heterocycles. The Balaban J connectivity index is 2.91. The van der Waals surface area contributed by atoms with E-state index in [-0.39, 0.29) is 17.5 Å². The van der Waals surface area contributed by atoms with Crippen molar-refractivity contribution in [3.05, 3.63) is 29.6 Å². The molecule has 1 rings (SSSR count). The number of hydrogen-bond acceptors (Lipinski definition) is 2. The van der Waals surface area contributed by atoms with Gasteiger partial charge in [0, 0.05) is 6.54 Å². The van der Waals surface area contributed by atoms with Crippen LogP contribution in [0.25, 0.3) is 0 Å². The fourth-order valence-corrected chi connectivity index (χ4v) is 1.32. The summed E-state index contributed by atoms with van der Waals surface area (Å²) in [6.07, 6.45) is 0. The summed E-state index contributed by atoms with van der Waals surface area (Å²) >= 11 is 0. The summed E-state index contributed by atoms with van der Waals surface area (Å²) in [5.41, 5.74) is 0.550. The van der Waals surface area contributed by atoms with E-state index in [0.717, 1.165) is 0 Å². The lowest BCUT2D eigenvalue weighted by atomic mass is 10.0. The molecule has 72 valence electrons. The lowest BCUT2D eigenvalue weighted by Gasteiger charge is -2.12. The van der Waals surface area contributed by atoms with Crippen LogP contribution in [0.3, 0.4) is 0 Å². The molecule has 2 N–H and O–H groups in total. The Morgan fingerprint density at radius 1 is 1.54 bits per heavy atom. The maximum atomic E-state index is 13.2. The van der Waals surface area contributed by atoms with Crippen molar-refractivity contribution < 1.29 is 9.50 Å². The fraction of sp³-hybridized carbons (Fsp3) is 0.400. The molecule has 0 radical (unpaired) electrons. The SMILES string of the molecule is CNCC(C)c1cc(O)ccc1F. The zero-order valence-electron chi connectivity index (χ0n) is 7.84. The van der Waals surface area contributed by atoms with Gasteiger partial charge in [-0.05, 0) is 36.7 Å². The summed E-state index contributed by atoms with van der Waals surface area (Å²) in [5.74, 6) is -0.0861. The first-order chi connectivity index (χ1) is 6.15. The smallest absolute Gasteiger partial charge is 0.126 e. The van der Waals surface area contributed by atoms with Gasteiger partial charge in [0.2, 0.25) is 0 Å². The van der Waals surface area contributed by atoms with Gasteiger partial charge in [-0.25, -0.2) is 4.39 Å². The molecule has 13 heavy (non-hydrogen) atoms. The van der Waals surface area contributed by atoms with Crippen LogP contribution in [0.2, 0.25) is 0 Å². The molecule has 0 bridgehead atoms. The van der Waals surface area contributed by atoms with E-state index < -0.39 is 0 Å². The molecule has 0 fully saturated rings. The summed E-state index contributed by atoms with van der Waals surface area (Å²) in [5, 5.41) is 12.1. The lowest BCUT2D eigenvalue weighted by Crippen LogP contribution is -2.15. The second-order valence-corrected chi connectivity index (χ2v) is 3.16. The monoisotopic (exact) mass is 183 g/mol. The summed E-state index contributed by atoms with van der Waals surface area (Å²) < 4.78 is 13.2. The first-order valence-electron chi connectivity index (χ1n) is 4.28. The van der Waals surface area contributed by atoms with E-state index >= 15 is 0 Å². The van der Waals surface area contributed by atoms with E-state index in [1.807, 2.05) is 14.0 Å². The van der Waals surface area contributed by atoms with Gasteiger partial charge in [-0.2, -0.15) is 0 Å².